The number of aryl methyl sites for hydroxylation is 2. The van der Waals surface area contributed by atoms with Gasteiger partial charge in [0.15, 0.2) is 0 Å². The van der Waals surface area contributed by atoms with Gasteiger partial charge in [0.25, 0.3) is 0 Å². The molecule has 2 heterocycles. The fourth-order valence-electron chi connectivity index (χ4n) is 1.81. The van der Waals surface area contributed by atoms with Gasteiger partial charge in [-0.3, -0.25) is 10.1 Å². The summed E-state index contributed by atoms with van der Waals surface area (Å²) in [4.78, 5) is 11.9. The molecule has 1 N–H and O–H groups in total. The highest BCUT2D eigenvalue weighted by molar-refractivity contribution is 9.11. The van der Waals surface area contributed by atoms with Gasteiger partial charge in [0.05, 0.1) is 15.3 Å². The van der Waals surface area contributed by atoms with Crippen molar-refractivity contribution in [1.82, 2.24) is 9.78 Å². The van der Waals surface area contributed by atoms with Crippen molar-refractivity contribution in [2.45, 2.75) is 19.9 Å². The molecule has 0 amide bonds. The third-order valence-corrected chi connectivity index (χ3v) is 4.29. The number of hydrogen-bond donors (Lipinski definition) is 1. The van der Waals surface area contributed by atoms with Crippen LogP contribution in [0.2, 0.25) is 0 Å². The molecule has 19 heavy (non-hydrogen) atoms. The number of nitro groups is 1. The number of nitrogens with one attached hydrogen (secondary N) is 1. The molecule has 0 saturated heterocycles. The number of nitrogens with zero attached hydrogens (tertiary/aromatic N) is 3. The second kappa shape index (κ2) is 5.70. The first kappa shape index (κ1) is 14.0. The summed E-state index contributed by atoms with van der Waals surface area (Å²) < 4.78 is 2.57. The maximum absolute atomic E-state index is 11.1. The maximum Gasteiger partial charge on any atom is 0.333 e. The highest BCUT2D eigenvalue weighted by Crippen LogP contribution is 2.29. The number of rotatable bonds is 5. The van der Waals surface area contributed by atoms with Gasteiger partial charge in [-0.15, -0.1) is 11.3 Å². The average Bonchev–Trinajstić information content (AvgIpc) is 2.90. The molecule has 102 valence electrons. The molecule has 8 heteroatoms. The zero-order valence-electron chi connectivity index (χ0n) is 10.5. The first-order valence-electron chi connectivity index (χ1n) is 5.71. The molecule has 0 aliphatic rings. The van der Waals surface area contributed by atoms with Gasteiger partial charge in [0.1, 0.15) is 5.69 Å². The topological polar surface area (TPSA) is 73.0 Å². The van der Waals surface area contributed by atoms with Crippen molar-refractivity contribution < 1.29 is 4.92 Å². The van der Waals surface area contributed by atoms with E-state index in [9.17, 15) is 10.1 Å². The van der Waals surface area contributed by atoms with Crippen LogP contribution in [0.15, 0.2) is 15.9 Å². The fraction of sp³-hybridized carbons (Fsp3) is 0.364. The largest absolute Gasteiger partial charge is 0.360 e. The summed E-state index contributed by atoms with van der Waals surface area (Å²) >= 11 is 4.99. The molecular weight excluding hydrogens is 332 g/mol. The van der Waals surface area contributed by atoms with Gasteiger partial charge in [-0.25, -0.2) is 4.68 Å². The van der Waals surface area contributed by atoms with Crippen LogP contribution in [-0.4, -0.2) is 14.7 Å². The molecule has 0 aromatic carbocycles. The van der Waals surface area contributed by atoms with E-state index in [0.717, 1.165) is 8.66 Å². The molecule has 2 aromatic heterocycles. The molecule has 6 nitrogen and oxygen atoms in total. The molecule has 0 spiro atoms. The van der Waals surface area contributed by atoms with Crippen molar-refractivity contribution in [3.8, 4) is 0 Å². The van der Waals surface area contributed by atoms with Crippen molar-refractivity contribution >= 4 is 38.8 Å². The Morgan fingerprint density at radius 1 is 1.58 bits per heavy atom. The standard InChI is InChI=1S/C11H13BrN4O2S/c1-3-8-10(16(17)18)11(15(2)14-8)13-6-7-4-5-9(12)19-7/h4-5,13H,3,6H2,1-2H3. The Morgan fingerprint density at radius 3 is 2.84 bits per heavy atom. The summed E-state index contributed by atoms with van der Waals surface area (Å²) in [6, 6.07) is 3.93. The van der Waals surface area contributed by atoms with E-state index in [0.29, 0.717) is 24.5 Å². The number of thiophene rings is 1. The molecule has 2 rings (SSSR count). The number of halogens is 1. The number of hydrogen-bond acceptors (Lipinski definition) is 5. The average molecular weight is 345 g/mol. The molecule has 0 bridgehead atoms. The SMILES string of the molecule is CCc1nn(C)c(NCc2ccc(Br)s2)c1[N+](=O)[O-]. The number of anilines is 1. The van der Waals surface area contributed by atoms with Gasteiger partial charge in [-0.05, 0) is 34.5 Å². The summed E-state index contributed by atoms with van der Waals surface area (Å²) in [6.45, 7) is 2.40. The van der Waals surface area contributed by atoms with Gasteiger partial charge < -0.3 is 5.32 Å². The fourth-order valence-corrected chi connectivity index (χ4v) is 3.24. The van der Waals surface area contributed by atoms with E-state index in [1.807, 2.05) is 19.1 Å². The smallest absolute Gasteiger partial charge is 0.333 e. The van der Waals surface area contributed by atoms with Gasteiger partial charge >= 0.3 is 5.69 Å². The lowest BCUT2D eigenvalue weighted by Crippen LogP contribution is -2.05. The van der Waals surface area contributed by atoms with E-state index >= 15 is 0 Å². The lowest BCUT2D eigenvalue weighted by atomic mass is 10.3. The van der Waals surface area contributed by atoms with Crippen molar-refractivity contribution in [1.29, 1.82) is 0 Å². The molecule has 0 fully saturated rings. The molecule has 0 radical (unpaired) electrons. The van der Waals surface area contributed by atoms with Crippen LogP contribution in [0.5, 0.6) is 0 Å². The van der Waals surface area contributed by atoms with Crippen LogP contribution in [0, 0.1) is 10.1 Å². The molecule has 0 atom stereocenters. The minimum Gasteiger partial charge on any atom is -0.360 e. The predicted octanol–water partition coefficient (Wildman–Crippen LogP) is 3.33. The summed E-state index contributed by atoms with van der Waals surface area (Å²) in [7, 11) is 1.71. The Balaban J connectivity index is 2.24. The quantitative estimate of drug-likeness (QED) is 0.666. The Morgan fingerprint density at radius 2 is 2.32 bits per heavy atom. The molecular formula is C11H13BrN4O2S. The van der Waals surface area contributed by atoms with Crippen LogP contribution >= 0.6 is 27.3 Å². The van der Waals surface area contributed by atoms with Crippen LogP contribution in [0.3, 0.4) is 0 Å². The van der Waals surface area contributed by atoms with Crippen LogP contribution in [0.1, 0.15) is 17.5 Å². The zero-order valence-corrected chi connectivity index (χ0v) is 12.9. The van der Waals surface area contributed by atoms with E-state index in [-0.39, 0.29) is 10.6 Å². The Hall–Kier alpha value is -1.41. The summed E-state index contributed by atoms with van der Waals surface area (Å²) in [5.74, 6) is 0.450. The Labute approximate surface area is 122 Å². The highest BCUT2D eigenvalue weighted by atomic mass is 79.9. The van der Waals surface area contributed by atoms with Crippen molar-refractivity contribution in [3.05, 3.63) is 36.6 Å². The van der Waals surface area contributed by atoms with E-state index in [2.05, 4.69) is 26.3 Å². The van der Waals surface area contributed by atoms with Crippen molar-refractivity contribution in [3.63, 3.8) is 0 Å². The van der Waals surface area contributed by atoms with Gasteiger partial charge in [-0.1, -0.05) is 6.92 Å². The van der Waals surface area contributed by atoms with Crippen LogP contribution in [0.4, 0.5) is 11.5 Å². The minimum absolute atomic E-state index is 0.0700. The summed E-state index contributed by atoms with van der Waals surface area (Å²) in [6.07, 6.45) is 0.538. The second-order valence-corrected chi connectivity index (χ2v) is 6.49. The lowest BCUT2D eigenvalue weighted by Gasteiger charge is -2.04. The predicted molar refractivity (Wildman–Crippen MR) is 78.6 cm³/mol. The second-order valence-electron chi connectivity index (χ2n) is 3.94. The van der Waals surface area contributed by atoms with Crippen LogP contribution < -0.4 is 5.32 Å². The first-order valence-corrected chi connectivity index (χ1v) is 7.32. The highest BCUT2D eigenvalue weighted by Gasteiger charge is 2.25. The first-order chi connectivity index (χ1) is 9.02. The monoisotopic (exact) mass is 344 g/mol. The van der Waals surface area contributed by atoms with Gasteiger partial charge in [-0.2, -0.15) is 5.10 Å². The summed E-state index contributed by atoms with van der Waals surface area (Å²) in [5, 5.41) is 18.4. The normalized spacial score (nSPS) is 10.7. The van der Waals surface area contributed by atoms with Gasteiger partial charge in [0, 0.05) is 11.9 Å². The Bertz CT molecular complexity index is 608. The van der Waals surface area contributed by atoms with Gasteiger partial charge in [0.2, 0.25) is 5.82 Å². The van der Waals surface area contributed by atoms with Crippen LogP contribution in [-0.2, 0) is 20.0 Å². The van der Waals surface area contributed by atoms with E-state index in [4.69, 9.17) is 0 Å². The minimum atomic E-state index is -0.376. The third kappa shape index (κ3) is 2.95. The van der Waals surface area contributed by atoms with E-state index < -0.39 is 0 Å². The lowest BCUT2D eigenvalue weighted by molar-refractivity contribution is -0.384. The van der Waals surface area contributed by atoms with E-state index in [1.54, 1.807) is 18.4 Å². The van der Waals surface area contributed by atoms with Crippen LogP contribution in [0.25, 0.3) is 0 Å². The molecule has 2 aromatic rings. The third-order valence-electron chi connectivity index (χ3n) is 2.67. The summed E-state index contributed by atoms with van der Waals surface area (Å²) in [5.41, 5.74) is 0.572. The van der Waals surface area contributed by atoms with E-state index in [1.165, 1.54) is 4.68 Å². The van der Waals surface area contributed by atoms with Crippen molar-refractivity contribution in [2.75, 3.05) is 5.32 Å². The molecule has 0 saturated carbocycles. The molecule has 0 aliphatic carbocycles. The number of aromatic nitrogens is 2. The Kier molecular flexibility index (Phi) is 4.20. The zero-order chi connectivity index (χ0) is 14.0. The molecule has 0 aliphatic heterocycles. The maximum atomic E-state index is 11.1. The molecule has 0 unspecified atom stereocenters. The van der Waals surface area contributed by atoms with Crippen molar-refractivity contribution in [2.24, 2.45) is 7.05 Å².